The van der Waals surface area contributed by atoms with Crippen LogP contribution in [0.5, 0.6) is 0 Å². The zero-order valence-corrected chi connectivity index (χ0v) is 14.0. The molecule has 4 heteroatoms. The molecule has 4 nitrogen and oxygen atoms in total. The van der Waals surface area contributed by atoms with Gasteiger partial charge < -0.3 is 9.47 Å². The number of methoxy groups -OCH3 is 1. The van der Waals surface area contributed by atoms with Gasteiger partial charge in [0.25, 0.3) is 0 Å². The second kappa shape index (κ2) is 6.66. The molecule has 0 spiro atoms. The van der Waals surface area contributed by atoms with Crippen molar-refractivity contribution >= 4 is 5.97 Å². The van der Waals surface area contributed by atoms with Crippen LogP contribution in [-0.4, -0.2) is 37.9 Å². The van der Waals surface area contributed by atoms with Crippen LogP contribution in [0.3, 0.4) is 0 Å². The molecule has 1 aliphatic heterocycles. The van der Waals surface area contributed by atoms with Crippen LogP contribution in [0.15, 0.2) is 0 Å². The Bertz CT molecular complexity index is 358. The van der Waals surface area contributed by atoms with Crippen molar-refractivity contribution in [3.8, 4) is 0 Å². The molecular weight excluding hydrogens is 266 g/mol. The Hall–Kier alpha value is -0.610. The van der Waals surface area contributed by atoms with E-state index in [1.165, 1.54) is 13.5 Å². The number of carbonyl (C=O) groups excluding carboxylic acids is 1. The summed E-state index contributed by atoms with van der Waals surface area (Å²) >= 11 is 0. The molecule has 3 unspecified atom stereocenters. The van der Waals surface area contributed by atoms with Crippen molar-refractivity contribution in [2.45, 2.75) is 70.9 Å². The fourth-order valence-electron chi connectivity index (χ4n) is 4.16. The number of esters is 1. The van der Waals surface area contributed by atoms with Gasteiger partial charge >= 0.3 is 5.97 Å². The van der Waals surface area contributed by atoms with Crippen LogP contribution in [0, 0.1) is 11.3 Å². The van der Waals surface area contributed by atoms with Crippen LogP contribution in [-0.2, 0) is 14.3 Å². The Morgan fingerprint density at radius 3 is 2.62 bits per heavy atom. The number of ether oxygens (including phenoxy) is 2. The fraction of sp³-hybridized carbons (Fsp3) is 0.941. The quantitative estimate of drug-likeness (QED) is 0.811. The van der Waals surface area contributed by atoms with E-state index in [1.807, 2.05) is 0 Å². The van der Waals surface area contributed by atoms with Crippen molar-refractivity contribution in [3.05, 3.63) is 0 Å². The largest absolute Gasteiger partial charge is 0.468 e. The van der Waals surface area contributed by atoms with Crippen LogP contribution in [0.25, 0.3) is 0 Å². The molecule has 1 heterocycles. The third-order valence-electron chi connectivity index (χ3n) is 5.17. The molecule has 1 saturated heterocycles. The average molecular weight is 297 g/mol. The highest BCUT2D eigenvalue weighted by molar-refractivity contribution is 5.81. The highest BCUT2D eigenvalue weighted by Gasteiger charge is 2.52. The Morgan fingerprint density at radius 1 is 1.29 bits per heavy atom. The molecule has 2 fully saturated rings. The number of nitrogens with one attached hydrogen (secondary N) is 1. The minimum atomic E-state index is -0.544. The molecule has 2 rings (SSSR count). The average Bonchev–Trinajstić information content (AvgIpc) is 2.96. The predicted molar refractivity (Wildman–Crippen MR) is 83.1 cm³/mol. The first-order valence-corrected chi connectivity index (χ1v) is 8.35. The molecule has 1 N–H and O–H groups in total. The summed E-state index contributed by atoms with van der Waals surface area (Å²) in [4.78, 5) is 12.6. The minimum Gasteiger partial charge on any atom is -0.468 e. The molecule has 0 aromatic carbocycles. The van der Waals surface area contributed by atoms with E-state index in [1.54, 1.807) is 0 Å². The van der Waals surface area contributed by atoms with Crippen LogP contribution in [0.2, 0.25) is 0 Å². The Kier molecular flexibility index (Phi) is 5.31. The molecule has 0 radical (unpaired) electrons. The highest BCUT2D eigenvalue weighted by Crippen LogP contribution is 2.45. The van der Waals surface area contributed by atoms with Crippen molar-refractivity contribution in [2.75, 3.05) is 20.3 Å². The van der Waals surface area contributed by atoms with Gasteiger partial charge in [-0.3, -0.25) is 10.1 Å². The van der Waals surface area contributed by atoms with Gasteiger partial charge in [-0.2, -0.15) is 0 Å². The molecule has 0 bridgehead atoms. The Balaban J connectivity index is 2.18. The second-order valence-corrected chi connectivity index (χ2v) is 7.64. The number of hydrogen-bond acceptors (Lipinski definition) is 4. The van der Waals surface area contributed by atoms with Gasteiger partial charge in [-0.15, -0.1) is 0 Å². The first kappa shape index (κ1) is 16.8. The molecule has 3 atom stereocenters. The number of rotatable bonds is 4. The number of hydrogen-bond donors (Lipinski definition) is 1. The van der Waals surface area contributed by atoms with Crippen molar-refractivity contribution in [2.24, 2.45) is 11.3 Å². The van der Waals surface area contributed by atoms with E-state index in [0.29, 0.717) is 5.92 Å². The lowest BCUT2D eigenvalue weighted by Crippen LogP contribution is -2.63. The summed E-state index contributed by atoms with van der Waals surface area (Å²) in [5.41, 5.74) is -0.463. The Labute approximate surface area is 129 Å². The zero-order chi connectivity index (χ0) is 15.5. The van der Waals surface area contributed by atoms with E-state index in [-0.39, 0.29) is 17.5 Å². The van der Waals surface area contributed by atoms with E-state index in [4.69, 9.17) is 9.47 Å². The van der Waals surface area contributed by atoms with Crippen LogP contribution < -0.4 is 5.32 Å². The highest BCUT2D eigenvalue weighted by atomic mass is 16.5. The minimum absolute atomic E-state index is 0.0815. The monoisotopic (exact) mass is 297 g/mol. The van der Waals surface area contributed by atoms with Crippen LogP contribution in [0.4, 0.5) is 0 Å². The summed E-state index contributed by atoms with van der Waals surface area (Å²) in [5, 5.41) is 3.58. The zero-order valence-electron chi connectivity index (χ0n) is 14.0. The predicted octanol–water partition coefficient (Wildman–Crippen LogP) is 2.90. The maximum absolute atomic E-state index is 12.6. The molecule has 0 amide bonds. The summed E-state index contributed by atoms with van der Waals surface area (Å²) < 4.78 is 10.9. The van der Waals surface area contributed by atoms with E-state index >= 15 is 0 Å². The molecular formula is C17H31NO3. The van der Waals surface area contributed by atoms with Crippen molar-refractivity contribution in [1.82, 2.24) is 5.32 Å². The van der Waals surface area contributed by atoms with E-state index < -0.39 is 5.54 Å². The van der Waals surface area contributed by atoms with E-state index in [9.17, 15) is 4.79 Å². The third-order valence-corrected chi connectivity index (χ3v) is 5.17. The summed E-state index contributed by atoms with van der Waals surface area (Å²) in [6.07, 6.45) is 6.69. The lowest BCUT2D eigenvalue weighted by molar-refractivity contribution is -0.156. The van der Waals surface area contributed by atoms with Crippen molar-refractivity contribution < 1.29 is 14.3 Å². The molecule has 21 heavy (non-hydrogen) atoms. The van der Waals surface area contributed by atoms with Crippen LogP contribution >= 0.6 is 0 Å². The molecule has 1 aliphatic carbocycles. The standard InChI is InChI=1S/C17H31NO3/c1-16(2,3)14-9-5-6-10-17(14,15(19)20-4)18-12-13-8-7-11-21-13/h13-14,18H,5-12H2,1-4H3. The molecule has 0 aromatic rings. The van der Waals surface area contributed by atoms with Gasteiger partial charge in [0.2, 0.25) is 0 Å². The third kappa shape index (κ3) is 3.59. The first-order chi connectivity index (χ1) is 9.90. The molecule has 0 aromatic heterocycles. The van der Waals surface area contributed by atoms with Crippen molar-refractivity contribution in [1.29, 1.82) is 0 Å². The van der Waals surface area contributed by atoms with Gasteiger partial charge in [0.15, 0.2) is 0 Å². The van der Waals surface area contributed by atoms with Gasteiger partial charge in [0, 0.05) is 13.2 Å². The Morgan fingerprint density at radius 2 is 2.05 bits per heavy atom. The lowest BCUT2D eigenvalue weighted by Gasteiger charge is -2.48. The first-order valence-electron chi connectivity index (χ1n) is 8.35. The fourth-order valence-corrected chi connectivity index (χ4v) is 4.16. The topological polar surface area (TPSA) is 47.6 Å². The van der Waals surface area contributed by atoms with Gasteiger partial charge in [0.05, 0.1) is 13.2 Å². The molecule has 1 saturated carbocycles. The SMILES string of the molecule is COC(=O)C1(NCC2CCCO2)CCCCC1C(C)(C)C. The smallest absolute Gasteiger partial charge is 0.326 e. The molecule has 2 aliphatic rings. The molecule has 122 valence electrons. The van der Waals surface area contributed by atoms with Gasteiger partial charge in [-0.25, -0.2) is 0 Å². The van der Waals surface area contributed by atoms with E-state index in [0.717, 1.165) is 45.3 Å². The summed E-state index contributed by atoms with van der Waals surface area (Å²) in [6.45, 7) is 8.29. The van der Waals surface area contributed by atoms with Gasteiger partial charge in [-0.05, 0) is 37.0 Å². The van der Waals surface area contributed by atoms with E-state index in [2.05, 4.69) is 26.1 Å². The van der Waals surface area contributed by atoms with Gasteiger partial charge in [0.1, 0.15) is 5.54 Å². The number of carbonyl (C=O) groups is 1. The van der Waals surface area contributed by atoms with Crippen molar-refractivity contribution in [3.63, 3.8) is 0 Å². The van der Waals surface area contributed by atoms with Crippen LogP contribution in [0.1, 0.15) is 59.3 Å². The maximum Gasteiger partial charge on any atom is 0.326 e. The summed E-state index contributed by atoms with van der Waals surface area (Å²) in [7, 11) is 1.51. The lowest BCUT2D eigenvalue weighted by atomic mass is 9.62. The van der Waals surface area contributed by atoms with Gasteiger partial charge in [-0.1, -0.05) is 33.6 Å². The maximum atomic E-state index is 12.6. The summed E-state index contributed by atoms with van der Waals surface area (Å²) in [5.74, 6) is 0.202. The second-order valence-electron chi connectivity index (χ2n) is 7.64. The summed E-state index contributed by atoms with van der Waals surface area (Å²) in [6, 6.07) is 0. The normalized spacial score (nSPS) is 33.9.